The normalized spacial score (nSPS) is 15.1. The number of aromatic nitrogens is 2. The number of nitrogens with one attached hydrogen (secondary N) is 2. The van der Waals surface area contributed by atoms with Crippen molar-refractivity contribution in [3.05, 3.63) is 39.1 Å². The molecule has 0 spiro atoms. The molecule has 4 rings (SSSR count). The first-order valence-electron chi connectivity index (χ1n) is 9.95. The van der Waals surface area contributed by atoms with Crippen molar-refractivity contribution in [2.75, 3.05) is 32.7 Å². The van der Waals surface area contributed by atoms with Gasteiger partial charge in [-0.1, -0.05) is 19.4 Å². The molecule has 2 amide bonds. The Kier molecular flexibility index (Phi) is 6.27. The van der Waals surface area contributed by atoms with Gasteiger partial charge in [0, 0.05) is 48.5 Å². The third-order valence-electron chi connectivity index (χ3n) is 5.12. The van der Waals surface area contributed by atoms with Crippen LogP contribution < -0.4 is 10.9 Å². The Morgan fingerprint density at radius 2 is 2.10 bits per heavy atom. The number of fused-ring (bicyclic) bond motifs is 1. The fourth-order valence-electron chi connectivity index (χ4n) is 3.49. The Hall–Kier alpha value is -2.23. The minimum absolute atomic E-state index is 0.0192. The average molecular weight is 432 g/mol. The monoisotopic (exact) mass is 431 g/mol. The van der Waals surface area contributed by atoms with E-state index in [1.54, 1.807) is 11.3 Å². The highest BCUT2D eigenvalue weighted by Crippen LogP contribution is 2.33. The predicted octanol–water partition coefficient (Wildman–Crippen LogP) is 3.34. The molecule has 0 saturated carbocycles. The molecule has 3 aromatic rings. The van der Waals surface area contributed by atoms with E-state index in [1.165, 1.54) is 11.3 Å². The van der Waals surface area contributed by atoms with E-state index in [-0.39, 0.29) is 11.6 Å². The second-order valence-electron chi connectivity index (χ2n) is 7.17. The molecule has 0 unspecified atom stereocenters. The molecule has 2 N–H and O–H groups in total. The molecule has 0 bridgehead atoms. The molecule has 1 aliphatic heterocycles. The van der Waals surface area contributed by atoms with Crippen molar-refractivity contribution in [1.29, 1.82) is 0 Å². The Labute approximate surface area is 177 Å². The SMILES string of the molecule is CCCCNC(=O)N1CCN(Cc2nc3scc(-c4cccs4)c3c(=O)[nH]2)CC1. The molecular weight excluding hydrogens is 406 g/mol. The number of urea groups is 1. The number of hydrogen-bond acceptors (Lipinski definition) is 6. The molecule has 1 fully saturated rings. The summed E-state index contributed by atoms with van der Waals surface area (Å²) < 4.78 is 0. The number of thiophene rings is 2. The lowest BCUT2D eigenvalue weighted by molar-refractivity contribution is 0.133. The highest BCUT2D eigenvalue weighted by Gasteiger charge is 2.22. The van der Waals surface area contributed by atoms with E-state index >= 15 is 0 Å². The van der Waals surface area contributed by atoms with Crippen LogP contribution in [-0.4, -0.2) is 58.5 Å². The van der Waals surface area contributed by atoms with Crippen LogP contribution in [0.3, 0.4) is 0 Å². The second kappa shape index (κ2) is 9.06. The minimum atomic E-state index is -0.0800. The molecular formula is C20H25N5O2S2. The van der Waals surface area contributed by atoms with Crippen LogP contribution in [0.15, 0.2) is 27.7 Å². The molecule has 3 aromatic heterocycles. The minimum Gasteiger partial charge on any atom is -0.338 e. The number of unbranched alkanes of at least 4 members (excludes halogenated alkanes) is 1. The van der Waals surface area contributed by atoms with Crippen molar-refractivity contribution < 1.29 is 4.79 Å². The lowest BCUT2D eigenvalue weighted by atomic mass is 10.2. The van der Waals surface area contributed by atoms with Crippen LogP contribution in [-0.2, 0) is 6.54 Å². The molecule has 7 nitrogen and oxygen atoms in total. The average Bonchev–Trinajstić information content (AvgIpc) is 3.38. The van der Waals surface area contributed by atoms with Gasteiger partial charge in [0.1, 0.15) is 10.7 Å². The smallest absolute Gasteiger partial charge is 0.317 e. The van der Waals surface area contributed by atoms with Crippen molar-refractivity contribution in [3.8, 4) is 10.4 Å². The van der Waals surface area contributed by atoms with Gasteiger partial charge in [0.2, 0.25) is 0 Å². The molecule has 4 heterocycles. The maximum Gasteiger partial charge on any atom is 0.317 e. The number of aromatic amines is 1. The van der Waals surface area contributed by atoms with E-state index in [2.05, 4.69) is 22.1 Å². The Bertz CT molecular complexity index is 1020. The summed E-state index contributed by atoms with van der Waals surface area (Å²) in [5.41, 5.74) is 0.881. The fraction of sp³-hybridized carbons (Fsp3) is 0.450. The lowest BCUT2D eigenvalue weighted by Gasteiger charge is -2.34. The van der Waals surface area contributed by atoms with Crippen LogP contribution in [0.4, 0.5) is 4.79 Å². The summed E-state index contributed by atoms with van der Waals surface area (Å²) in [7, 11) is 0. The van der Waals surface area contributed by atoms with E-state index < -0.39 is 0 Å². The summed E-state index contributed by atoms with van der Waals surface area (Å²) in [4.78, 5) is 38.5. The maximum absolute atomic E-state index is 12.7. The third-order valence-corrected chi connectivity index (χ3v) is 6.89. The zero-order valence-electron chi connectivity index (χ0n) is 16.4. The van der Waals surface area contributed by atoms with Gasteiger partial charge in [-0.25, -0.2) is 9.78 Å². The summed E-state index contributed by atoms with van der Waals surface area (Å²) in [5.74, 6) is 0.683. The van der Waals surface area contributed by atoms with Gasteiger partial charge in [0.05, 0.1) is 11.9 Å². The highest BCUT2D eigenvalue weighted by molar-refractivity contribution is 7.18. The number of piperazine rings is 1. The van der Waals surface area contributed by atoms with E-state index in [4.69, 9.17) is 4.98 Å². The topological polar surface area (TPSA) is 81.3 Å². The molecule has 1 aliphatic rings. The zero-order chi connectivity index (χ0) is 20.2. The summed E-state index contributed by atoms with van der Waals surface area (Å²) in [6, 6.07) is 4.03. The first-order valence-corrected chi connectivity index (χ1v) is 11.7. The van der Waals surface area contributed by atoms with Crippen molar-refractivity contribution in [1.82, 2.24) is 25.1 Å². The van der Waals surface area contributed by atoms with E-state index in [1.807, 2.05) is 27.8 Å². The van der Waals surface area contributed by atoms with E-state index in [9.17, 15) is 9.59 Å². The first-order chi connectivity index (χ1) is 14.2. The zero-order valence-corrected chi connectivity index (χ0v) is 18.1. The van der Waals surface area contributed by atoms with Gasteiger partial charge < -0.3 is 15.2 Å². The van der Waals surface area contributed by atoms with Gasteiger partial charge in [-0.3, -0.25) is 9.69 Å². The van der Waals surface area contributed by atoms with Gasteiger partial charge in [0.25, 0.3) is 5.56 Å². The van der Waals surface area contributed by atoms with Crippen molar-refractivity contribution >= 4 is 38.9 Å². The highest BCUT2D eigenvalue weighted by atomic mass is 32.1. The first kappa shape index (κ1) is 20.1. The molecule has 0 atom stereocenters. The number of nitrogens with zero attached hydrogens (tertiary/aromatic N) is 3. The molecule has 9 heteroatoms. The summed E-state index contributed by atoms with van der Waals surface area (Å²) in [6.45, 7) is 6.34. The molecule has 0 radical (unpaired) electrons. The van der Waals surface area contributed by atoms with Gasteiger partial charge in [-0.2, -0.15) is 0 Å². The number of carbonyl (C=O) groups is 1. The number of amides is 2. The number of H-pyrrole nitrogens is 1. The molecule has 1 saturated heterocycles. The van der Waals surface area contributed by atoms with Crippen molar-refractivity contribution in [2.45, 2.75) is 26.3 Å². The van der Waals surface area contributed by atoms with Crippen LogP contribution in [0.1, 0.15) is 25.6 Å². The molecule has 154 valence electrons. The Morgan fingerprint density at radius 1 is 1.28 bits per heavy atom. The van der Waals surface area contributed by atoms with Gasteiger partial charge in [-0.15, -0.1) is 22.7 Å². The molecule has 0 aliphatic carbocycles. The quantitative estimate of drug-likeness (QED) is 0.587. The Balaban J connectivity index is 1.39. The third kappa shape index (κ3) is 4.52. The number of carbonyl (C=O) groups excluding carboxylic acids is 1. The fourth-order valence-corrected chi connectivity index (χ4v) is 5.27. The number of rotatable bonds is 6. The Morgan fingerprint density at radius 3 is 2.83 bits per heavy atom. The van der Waals surface area contributed by atoms with Crippen LogP contribution in [0.5, 0.6) is 0 Å². The molecule has 0 aromatic carbocycles. The largest absolute Gasteiger partial charge is 0.338 e. The summed E-state index contributed by atoms with van der Waals surface area (Å²) in [5, 5.41) is 7.67. The second-order valence-corrected chi connectivity index (χ2v) is 8.97. The number of hydrogen-bond donors (Lipinski definition) is 2. The van der Waals surface area contributed by atoms with Crippen LogP contribution >= 0.6 is 22.7 Å². The van der Waals surface area contributed by atoms with Crippen LogP contribution in [0.25, 0.3) is 20.7 Å². The predicted molar refractivity (Wildman–Crippen MR) is 119 cm³/mol. The van der Waals surface area contributed by atoms with Crippen molar-refractivity contribution in [2.24, 2.45) is 0 Å². The summed E-state index contributed by atoms with van der Waals surface area (Å²) >= 11 is 3.14. The summed E-state index contributed by atoms with van der Waals surface area (Å²) in [6.07, 6.45) is 2.08. The van der Waals surface area contributed by atoms with Crippen LogP contribution in [0, 0.1) is 0 Å². The van der Waals surface area contributed by atoms with Crippen molar-refractivity contribution in [3.63, 3.8) is 0 Å². The molecule has 29 heavy (non-hydrogen) atoms. The lowest BCUT2D eigenvalue weighted by Crippen LogP contribution is -2.51. The van der Waals surface area contributed by atoms with Gasteiger partial charge >= 0.3 is 6.03 Å². The van der Waals surface area contributed by atoms with Crippen LogP contribution in [0.2, 0.25) is 0 Å². The van der Waals surface area contributed by atoms with E-state index in [0.717, 1.165) is 47.7 Å². The standard InChI is InChI=1S/C20H25N5O2S2/c1-2-3-6-21-20(27)25-9-7-24(8-10-25)12-16-22-18(26)17-14(13-29-19(17)23-16)15-5-4-11-28-15/h4-5,11,13H,2-3,6-10,12H2,1H3,(H,21,27)(H,22,23,26). The van der Waals surface area contributed by atoms with E-state index in [0.29, 0.717) is 30.8 Å². The maximum atomic E-state index is 12.7. The van der Waals surface area contributed by atoms with Gasteiger partial charge in [-0.05, 0) is 17.9 Å². The van der Waals surface area contributed by atoms with Gasteiger partial charge in [0.15, 0.2) is 0 Å².